The van der Waals surface area contributed by atoms with E-state index in [1.165, 1.54) is 17.9 Å². The summed E-state index contributed by atoms with van der Waals surface area (Å²) < 4.78 is 0. The van der Waals surface area contributed by atoms with Crippen LogP contribution in [-0.4, -0.2) is 53.9 Å². The summed E-state index contributed by atoms with van der Waals surface area (Å²) in [6.45, 7) is 2.82. The first-order valence-corrected chi connectivity index (χ1v) is 9.84. The Morgan fingerprint density at radius 2 is 1.83 bits per heavy atom. The minimum Gasteiger partial charge on any atom is -0.348 e. The lowest BCUT2D eigenvalue weighted by Gasteiger charge is -2.35. The molecule has 3 rings (SSSR count). The van der Waals surface area contributed by atoms with E-state index in [0.717, 1.165) is 32.0 Å². The van der Waals surface area contributed by atoms with Crippen LogP contribution in [0.1, 0.15) is 19.3 Å². The minimum absolute atomic E-state index is 0.476. The van der Waals surface area contributed by atoms with Gasteiger partial charge in [-0.3, -0.25) is 14.5 Å². The third-order valence-electron chi connectivity index (χ3n) is 4.86. The van der Waals surface area contributed by atoms with Crippen LogP contribution >= 0.6 is 11.8 Å². The van der Waals surface area contributed by atoms with Gasteiger partial charge in [-0.15, -0.1) is 0 Å². The SMILES string of the molecule is O=C(NCC1CCN(C2CCSC2)CC1)C(=O)Nc1ccccc1. The van der Waals surface area contributed by atoms with Gasteiger partial charge in [-0.1, -0.05) is 18.2 Å². The number of nitrogens with one attached hydrogen (secondary N) is 2. The highest BCUT2D eigenvalue weighted by molar-refractivity contribution is 7.99. The van der Waals surface area contributed by atoms with Gasteiger partial charge in [-0.2, -0.15) is 11.8 Å². The molecule has 6 heteroatoms. The zero-order chi connectivity index (χ0) is 16.8. The third kappa shape index (κ3) is 4.74. The second-order valence-corrected chi connectivity index (χ2v) is 7.68. The topological polar surface area (TPSA) is 61.4 Å². The first kappa shape index (κ1) is 17.3. The number of para-hydroxylation sites is 1. The van der Waals surface area contributed by atoms with Crippen LogP contribution in [0.5, 0.6) is 0 Å². The molecule has 2 aliphatic rings. The van der Waals surface area contributed by atoms with Crippen LogP contribution in [0.4, 0.5) is 5.69 Å². The number of thioether (sulfide) groups is 1. The number of likely N-dealkylation sites (tertiary alicyclic amines) is 1. The molecule has 2 N–H and O–H groups in total. The molecule has 24 heavy (non-hydrogen) atoms. The fourth-order valence-corrected chi connectivity index (χ4v) is 4.61. The Balaban J connectivity index is 1.36. The monoisotopic (exact) mass is 347 g/mol. The molecule has 0 aromatic heterocycles. The summed E-state index contributed by atoms with van der Waals surface area (Å²) in [5.41, 5.74) is 0.639. The van der Waals surface area contributed by atoms with Crippen LogP contribution in [0.25, 0.3) is 0 Å². The molecule has 1 atom stereocenters. The van der Waals surface area contributed by atoms with E-state index in [-0.39, 0.29) is 0 Å². The maximum Gasteiger partial charge on any atom is 0.313 e. The highest BCUT2D eigenvalue weighted by Gasteiger charge is 2.27. The molecule has 0 aliphatic carbocycles. The van der Waals surface area contributed by atoms with Crippen molar-refractivity contribution < 1.29 is 9.59 Å². The normalized spacial score (nSPS) is 22.2. The third-order valence-corrected chi connectivity index (χ3v) is 6.01. The molecular formula is C18H25N3O2S. The van der Waals surface area contributed by atoms with Gasteiger partial charge in [0, 0.05) is 24.0 Å². The summed E-state index contributed by atoms with van der Waals surface area (Å²) in [5.74, 6) is 1.89. The van der Waals surface area contributed by atoms with Gasteiger partial charge in [-0.05, 0) is 56.2 Å². The van der Waals surface area contributed by atoms with Crippen molar-refractivity contribution in [3.63, 3.8) is 0 Å². The van der Waals surface area contributed by atoms with Crippen molar-refractivity contribution in [3.05, 3.63) is 30.3 Å². The van der Waals surface area contributed by atoms with Gasteiger partial charge in [0.1, 0.15) is 0 Å². The summed E-state index contributed by atoms with van der Waals surface area (Å²) in [6.07, 6.45) is 3.51. The van der Waals surface area contributed by atoms with Gasteiger partial charge in [0.15, 0.2) is 0 Å². The van der Waals surface area contributed by atoms with E-state index in [4.69, 9.17) is 0 Å². The number of amides is 2. The van der Waals surface area contributed by atoms with Crippen molar-refractivity contribution in [2.24, 2.45) is 5.92 Å². The molecule has 5 nitrogen and oxygen atoms in total. The van der Waals surface area contributed by atoms with Gasteiger partial charge in [-0.25, -0.2) is 0 Å². The van der Waals surface area contributed by atoms with Gasteiger partial charge in [0.2, 0.25) is 0 Å². The summed E-state index contributed by atoms with van der Waals surface area (Å²) in [7, 11) is 0. The zero-order valence-corrected chi connectivity index (χ0v) is 14.7. The molecule has 2 heterocycles. The average Bonchev–Trinajstić information content (AvgIpc) is 3.15. The Labute approximate surface area is 147 Å². The molecule has 0 spiro atoms. The smallest absolute Gasteiger partial charge is 0.313 e. The Morgan fingerprint density at radius 1 is 1.08 bits per heavy atom. The lowest BCUT2D eigenvalue weighted by Crippen LogP contribution is -2.45. The molecule has 2 fully saturated rings. The second-order valence-electron chi connectivity index (χ2n) is 6.53. The van der Waals surface area contributed by atoms with Crippen molar-refractivity contribution in [3.8, 4) is 0 Å². The van der Waals surface area contributed by atoms with Crippen molar-refractivity contribution >= 4 is 29.3 Å². The highest BCUT2D eigenvalue weighted by atomic mass is 32.2. The molecular weight excluding hydrogens is 322 g/mol. The van der Waals surface area contributed by atoms with Crippen molar-refractivity contribution in [2.45, 2.75) is 25.3 Å². The number of piperidine rings is 1. The average molecular weight is 347 g/mol. The Hall–Kier alpha value is -1.53. The van der Waals surface area contributed by atoms with Gasteiger partial charge < -0.3 is 10.6 Å². The first-order valence-electron chi connectivity index (χ1n) is 8.68. The van der Waals surface area contributed by atoms with E-state index in [0.29, 0.717) is 18.2 Å². The molecule has 2 amide bonds. The fourth-order valence-electron chi connectivity index (χ4n) is 3.36. The maximum atomic E-state index is 11.9. The lowest BCUT2D eigenvalue weighted by atomic mass is 9.95. The van der Waals surface area contributed by atoms with Crippen LogP contribution < -0.4 is 10.6 Å². The zero-order valence-electron chi connectivity index (χ0n) is 13.9. The molecule has 2 aliphatic heterocycles. The number of carbonyl (C=O) groups excluding carboxylic acids is 2. The number of hydrogen-bond acceptors (Lipinski definition) is 4. The summed E-state index contributed by atoms with van der Waals surface area (Å²) in [4.78, 5) is 26.4. The molecule has 0 radical (unpaired) electrons. The standard InChI is InChI=1S/C18H25N3O2S/c22-17(18(23)20-15-4-2-1-3-5-15)19-12-14-6-9-21(10-7-14)16-8-11-24-13-16/h1-5,14,16H,6-13H2,(H,19,22)(H,20,23). The molecule has 2 saturated heterocycles. The molecule has 130 valence electrons. The van der Waals surface area contributed by atoms with E-state index in [2.05, 4.69) is 27.3 Å². The highest BCUT2D eigenvalue weighted by Crippen LogP contribution is 2.26. The number of nitrogens with zero attached hydrogens (tertiary/aromatic N) is 1. The minimum atomic E-state index is -0.596. The van der Waals surface area contributed by atoms with Crippen molar-refractivity contribution in [2.75, 3.05) is 36.5 Å². The predicted molar refractivity (Wildman–Crippen MR) is 98.1 cm³/mol. The fraction of sp³-hybridized carbons (Fsp3) is 0.556. The van der Waals surface area contributed by atoms with Crippen molar-refractivity contribution in [1.82, 2.24) is 10.2 Å². The number of benzene rings is 1. The Morgan fingerprint density at radius 3 is 2.50 bits per heavy atom. The van der Waals surface area contributed by atoms with Crippen molar-refractivity contribution in [1.29, 1.82) is 0 Å². The number of hydrogen-bond donors (Lipinski definition) is 2. The van der Waals surface area contributed by atoms with Crippen LogP contribution in [0, 0.1) is 5.92 Å². The van der Waals surface area contributed by atoms with Gasteiger partial charge in [0.25, 0.3) is 0 Å². The van der Waals surface area contributed by atoms with Crippen LogP contribution in [0.15, 0.2) is 30.3 Å². The van der Waals surface area contributed by atoms with Gasteiger partial charge >= 0.3 is 11.8 Å². The van der Waals surface area contributed by atoms with E-state index in [1.54, 1.807) is 12.1 Å². The van der Waals surface area contributed by atoms with Gasteiger partial charge in [0.05, 0.1) is 0 Å². The van der Waals surface area contributed by atoms with E-state index < -0.39 is 11.8 Å². The largest absolute Gasteiger partial charge is 0.348 e. The van der Waals surface area contributed by atoms with Crippen LogP contribution in [0.2, 0.25) is 0 Å². The predicted octanol–water partition coefficient (Wildman–Crippen LogP) is 1.96. The summed E-state index contributed by atoms with van der Waals surface area (Å²) in [5, 5.41) is 5.40. The number of rotatable bonds is 4. The second kappa shape index (κ2) is 8.53. The maximum absolute atomic E-state index is 11.9. The van der Waals surface area contributed by atoms with E-state index in [9.17, 15) is 9.59 Å². The molecule has 1 aromatic carbocycles. The lowest BCUT2D eigenvalue weighted by molar-refractivity contribution is -0.136. The first-order chi connectivity index (χ1) is 11.7. The molecule has 0 saturated carbocycles. The van der Waals surface area contributed by atoms with Crippen LogP contribution in [0.3, 0.4) is 0 Å². The van der Waals surface area contributed by atoms with Crippen LogP contribution in [-0.2, 0) is 9.59 Å². The quantitative estimate of drug-likeness (QED) is 0.818. The summed E-state index contributed by atoms with van der Waals surface area (Å²) in [6, 6.07) is 9.80. The summed E-state index contributed by atoms with van der Waals surface area (Å²) >= 11 is 2.05. The number of carbonyl (C=O) groups is 2. The molecule has 1 aromatic rings. The van der Waals surface area contributed by atoms with E-state index in [1.807, 2.05) is 18.2 Å². The Bertz CT molecular complexity index is 553. The molecule has 0 bridgehead atoms. The Kier molecular flexibility index (Phi) is 6.15. The number of anilines is 1. The van der Waals surface area contributed by atoms with E-state index >= 15 is 0 Å². The molecule has 1 unspecified atom stereocenters.